The van der Waals surface area contributed by atoms with Crippen LogP contribution >= 0.6 is 11.6 Å². The predicted molar refractivity (Wildman–Crippen MR) is 100 cm³/mol. The van der Waals surface area contributed by atoms with E-state index in [-0.39, 0.29) is 21.9 Å². The van der Waals surface area contributed by atoms with E-state index in [2.05, 4.69) is 10.2 Å². The minimum Gasteiger partial charge on any atom is -0.325 e. The van der Waals surface area contributed by atoms with Crippen LogP contribution < -0.4 is 5.32 Å². The van der Waals surface area contributed by atoms with Gasteiger partial charge in [-0.25, -0.2) is 12.7 Å². The minimum atomic E-state index is -3.67. The SMILES string of the molecule is C[C@@H](C(=O)Nc1ccc(Cl)c(S(=O)(=O)N(C)C)c1)N1CCCCCC1. The third-order valence-electron chi connectivity index (χ3n) is 4.53. The summed E-state index contributed by atoms with van der Waals surface area (Å²) in [5.74, 6) is -0.141. The largest absolute Gasteiger partial charge is 0.325 e. The Labute approximate surface area is 155 Å². The van der Waals surface area contributed by atoms with Gasteiger partial charge in [-0.1, -0.05) is 24.4 Å². The van der Waals surface area contributed by atoms with Crippen molar-refractivity contribution in [1.82, 2.24) is 9.21 Å². The van der Waals surface area contributed by atoms with Gasteiger partial charge in [0, 0.05) is 19.8 Å². The van der Waals surface area contributed by atoms with Gasteiger partial charge in [-0.15, -0.1) is 0 Å². The highest BCUT2D eigenvalue weighted by molar-refractivity contribution is 7.89. The molecule has 0 radical (unpaired) electrons. The van der Waals surface area contributed by atoms with Crippen LogP contribution in [0.3, 0.4) is 0 Å². The smallest absolute Gasteiger partial charge is 0.244 e. The molecule has 140 valence electrons. The number of hydrogen-bond donors (Lipinski definition) is 1. The lowest BCUT2D eigenvalue weighted by atomic mass is 10.2. The third-order valence-corrected chi connectivity index (χ3v) is 6.82. The molecule has 1 N–H and O–H groups in total. The van der Waals surface area contributed by atoms with E-state index in [1.165, 1.54) is 39.1 Å². The normalized spacial score (nSPS) is 18.0. The molecule has 1 saturated heterocycles. The lowest BCUT2D eigenvalue weighted by Gasteiger charge is -2.26. The molecule has 1 amide bonds. The third kappa shape index (κ3) is 4.94. The molecule has 1 aromatic rings. The van der Waals surface area contributed by atoms with E-state index in [0.717, 1.165) is 30.2 Å². The van der Waals surface area contributed by atoms with E-state index in [1.807, 2.05) is 6.92 Å². The lowest BCUT2D eigenvalue weighted by Crippen LogP contribution is -2.42. The molecular formula is C17H26ClN3O3S. The zero-order chi connectivity index (χ0) is 18.6. The van der Waals surface area contributed by atoms with Gasteiger partial charge in [0.25, 0.3) is 0 Å². The minimum absolute atomic E-state index is 0.0145. The summed E-state index contributed by atoms with van der Waals surface area (Å²) in [4.78, 5) is 14.7. The van der Waals surface area contributed by atoms with Crippen LogP contribution in [-0.4, -0.2) is 56.8 Å². The Morgan fingerprint density at radius 2 is 1.80 bits per heavy atom. The Hall–Kier alpha value is -1.15. The van der Waals surface area contributed by atoms with E-state index in [4.69, 9.17) is 11.6 Å². The van der Waals surface area contributed by atoms with Crippen molar-refractivity contribution >= 4 is 33.2 Å². The van der Waals surface area contributed by atoms with Gasteiger partial charge in [0.05, 0.1) is 11.1 Å². The van der Waals surface area contributed by atoms with Gasteiger partial charge in [0.1, 0.15) is 4.90 Å². The van der Waals surface area contributed by atoms with Crippen LogP contribution in [0.4, 0.5) is 5.69 Å². The molecule has 1 fully saturated rings. The quantitative estimate of drug-likeness (QED) is 0.843. The van der Waals surface area contributed by atoms with Crippen molar-refractivity contribution in [1.29, 1.82) is 0 Å². The van der Waals surface area contributed by atoms with E-state index in [1.54, 1.807) is 6.07 Å². The first-order chi connectivity index (χ1) is 11.7. The summed E-state index contributed by atoms with van der Waals surface area (Å²) in [7, 11) is -0.786. The standard InChI is InChI=1S/C17H26ClN3O3S/c1-13(21-10-6-4-5-7-11-21)17(22)19-14-8-9-15(18)16(12-14)25(23,24)20(2)3/h8-9,12-13H,4-7,10-11H2,1-3H3,(H,19,22)/t13-/m0/s1. The molecule has 1 heterocycles. The van der Waals surface area contributed by atoms with E-state index >= 15 is 0 Å². The van der Waals surface area contributed by atoms with Crippen molar-refractivity contribution in [3.63, 3.8) is 0 Å². The first-order valence-corrected chi connectivity index (χ1v) is 10.3. The van der Waals surface area contributed by atoms with E-state index in [9.17, 15) is 13.2 Å². The highest BCUT2D eigenvalue weighted by Crippen LogP contribution is 2.27. The summed E-state index contributed by atoms with van der Waals surface area (Å²) < 4.78 is 25.8. The number of nitrogens with zero attached hydrogens (tertiary/aromatic N) is 2. The van der Waals surface area contributed by atoms with Crippen LogP contribution in [0.25, 0.3) is 0 Å². The summed E-state index contributed by atoms with van der Waals surface area (Å²) in [5.41, 5.74) is 0.427. The number of amides is 1. The maximum atomic E-state index is 12.6. The van der Waals surface area contributed by atoms with E-state index < -0.39 is 10.0 Å². The number of anilines is 1. The first kappa shape index (κ1) is 20.2. The first-order valence-electron chi connectivity index (χ1n) is 8.50. The Bertz CT molecular complexity index is 714. The topological polar surface area (TPSA) is 69.7 Å². The zero-order valence-electron chi connectivity index (χ0n) is 15.0. The van der Waals surface area contributed by atoms with Crippen molar-refractivity contribution in [2.45, 2.75) is 43.5 Å². The van der Waals surface area contributed by atoms with E-state index in [0.29, 0.717) is 5.69 Å². The number of hydrogen-bond acceptors (Lipinski definition) is 4. The summed E-state index contributed by atoms with van der Waals surface area (Å²) in [6.45, 7) is 3.71. The summed E-state index contributed by atoms with van der Waals surface area (Å²) in [6.07, 6.45) is 4.61. The molecule has 2 rings (SSSR count). The van der Waals surface area contributed by atoms with Gasteiger partial charge < -0.3 is 5.32 Å². The van der Waals surface area contributed by atoms with Gasteiger partial charge in [-0.2, -0.15) is 0 Å². The van der Waals surface area contributed by atoms with Crippen molar-refractivity contribution < 1.29 is 13.2 Å². The Balaban J connectivity index is 2.15. The number of carbonyl (C=O) groups is 1. The predicted octanol–water partition coefficient (Wildman–Crippen LogP) is 2.79. The van der Waals surface area contributed by atoms with Crippen molar-refractivity contribution in [3.05, 3.63) is 23.2 Å². The molecule has 1 aromatic carbocycles. The lowest BCUT2D eigenvalue weighted by molar-refractivity contribution is -0.120. The Kier molecular flexibility index (Phi) is 6.85. The van der Waals surface area contributed by atoms with Gasteiger partial charge in [-0.05, 0) is 51.1 Å². The molecule has 25 heavy (non-hydrogen) atoms. The molecule has 1 aliphatic rings. The number of rotatable bonds is 5. The van der Waals surface area contributed by atoms with Gasteiger partial charge in [-0.3, -0.25) is 9.69 Å². The molecule has 0 unspecified atom stereocenters. The average molecular weight is 388 g/mol. The van der Waals surface area contributed by atoms with Crippen molar-refractivity contribution in [3.8, 4) is 0 Å². The molecule has 0 bridgehead atoms. The molecule has 8 heteroatoms. The Morgan fingerprint density at radius 1 is 1.20 bits per heavy atom. The van der Waals surface area contributed by atoms with Crippen LogP contribution in [0.2, 0.25) is 5.02 Å². The summed E-state index contributed by atoms with van der Waals surface area (Å²) in [5, 5.41) is 2.95. The van der Waals surface area contributed by atoms with Gasteiger partial charge in [0.15, 0.2) is 0 Å². The second-order valence-corrected chi connectivity index (χ2v) is 9.08. The Morgan fingerprint density at radius 3 is 2.36 bits per heavy atom. The highest BCUT2D eigenvalue weighted by atomic mass is 35.5. The van der Waals surface area contributed by atoms with Crippen molar-refractivity contribution in [2.24, 2.45) is 0 Å². The number of likely N-dealkylation sites (tertiary alicyclic amines) is 1. The van der Waals surface area contributed by atoms with Crippen molar-refractivity contribution in [2.75, 3.05) is 32.5 Å². The maximum absolute atomic E-state index is 12.6. The van der Waals surface area contributed by atoms with Crippen LogP contribution in [-0.2, 0) is 14.8 Å². The fraction of sp³-hybridized carbons (Fsp3) is 0.588. The molecule has 1 atom stereocenters. The zero-order valence-corrected chi connectivity index (χ0v) is 16.5. The molecule has 1 aliphatic heterocycles. The molecule has 0 saturated carbocycles. The van der Waals surface area contributed by atoms with Gasteiger partial charge >= 0.3 is 0 Å². The second-order valence-electron chi connectivity index (χ2n) is 6.55. The number of benzene rings is 1. The number of sulfonamides is 1. The van der Waals surface area contributed by atoms with Gasteiger partial charge in [0.2, 0.25) is 15.9 Å². The fourth-order valence-electron chi connectivity index (χ4n) is 2.87. The molecular weight excluding hydrogens is 362 g/mol. The van der Waals surface area contributed by atoms with Crippen LogP contribution in [0, 0.1) is 0 Å². The molecule has 0 aromatic heterocycles. The number of nitrogens with one attached hydrogen (secondary N) is 1. The summed E-state index contributed by atoms with van der Waals surface area (Å²) >= 11 is 6.04. The fourth-order valence-corrected chi connectivity index (χ4v) is 4.26. The molecule has 6 nitrogen and oxygen atoms in total. The number of carbonyl (C=O) groups excluding carboxylic acids is 1. The second kappa shape index (κ2) is 8.49. The average Bonchev–Trinajstić information content (AvgIpc) is 2.84. The molecule has 0 aliphatic carbocycles. The van der Waals surface area contributed by atoms with Crippen LogP contribution in [0.1, 0.15) is 32.6 Å². The monoisotopic (exact) mass is 387 g/mol. The van der Waals surface area contributed by atoms with Crippen LogP contribution in [0.15, 0.2) is 23.1 Å². The maximum Gasteiger partial charge on any atom is 0.244 e. The highest BCUT2D eigenvalue weighted by Gasteiger charge is 2.24. The number of halogens is 1. The van der Waals surface area contributed by atoms with Crippen LogP contribution in [0.5, 0.6) is 0 Å². The summed E-state index contributed by atoms with van der Waals surface area (Å²) in [6, 6.07) is 4.25. The molecule has 0 spiro atoms.